The number of hydrogen-bond acceptors (Lipinski definition) is 2. The van der Waals surface area contributed by atoms with Gasteiger partial charge >= 0.3 is 5.97 Å². The maximum Gasteiger partial charge on any atom is 0.312 e. The average molecular weight is 270 g/mol. The molecular formula is C10H8BrNO3. The van der Waals surface area contributed by atoms with Crippen LogP contribution in [0.3, 0.4) is 0 Å². The number of rotatable bonds is 1. The van der Waals surface area contributed by atoms with Gasteiger partial charge in [0.05, 0.1) is 5.92 Å². The van der Waals surface area contributed by atoms with Crippen molar-refractivity contribution in [2.75, 3.05) is 6.54 Å². The number of carbonyl (C=O) groups is 2. The van der Waals surface area contributed by atoms with E-state index in [-0.39, 0.29) is 12.5 Å². The van der Waals surface area contributed by atoms with Crippen molar-refractivity contribution in [1.29, 1.82) is 0 Å². The molecule has 0 saturated carbocycles. The lowest BCUT2D eigenvalue weighted by molar-refractivity contribution is -0.138. The molecule has 78 valence electrons. The molecule has 1 atom stereocenters. The number of amides is 1. The fourth-order valence-corrected chi connectivity index (χ4v) is 2.01. The zero-order chi connectivity index (χ0) is 11.0. The molecule has 4 nitrogen and oxygen atoms in total. The summed E-state index contributed by atoms with van der Waals surface area (Å²) in [5.74, 6) is -1.78. The zero-order valence-corrected chi connectivity index (χ0v) is 9.24. The van der Waals surface area contributed by atoms with Crippen molar-refractivity contribution in [3.63, 3.8) is 0 Å². The number of aliphatic carboxylic acids is 1. The third-order valence-electron chi connectivity index (χ3n) is 2.40. The first-order chi connectivity index (χ1) is 7.09. The Morgan fingerprint density at radius 3 is 2.93 bits per heavy atom. The molecule has 0 aliphatic carbocycles. The van der Waals surface area contributed by atoms with E-state index in [9.17, 15) is 9.59 Å². The van der Waals surface area contributed by atoms with Gasteiger partial charge in [-0.3, -0.25) is 9.59 Å². The van der Waals surface area contributed by atoms with E-state index in [1.807, 2.05) is 0 Å². The highest BCUT2D eigenvalue weighted by molar-refractivity contribution is 9.10. The minimum Gasteiger partial charge on any atom is -0.481 e. The van der Waals surface area contributed by atoms with Gasteiger partial charge < -0.3 is 10.4 Å². The lowest BCUT2D eigenvalue weighted by Gasteiger charge is -2.22. The Morgan fingerprint density at radius 1 is 1.53 bits per heavy atom. The van der Waals surface area contributed by atoms with E-state index in [1.54, 1.807) is 18.2 Å². The highest BCUT2D eigenvalue weighted by Crippen LogP contribution is 2.26. The number of fused-ring (bicyclic) bond motifs is 1. The first-order valence-corrected chi connectivity index (χ1v) is 5.19. The summed E-state index contributed by atoms with van der Waals surface area (Å²) >= 11 is 3.25. The number of hydrogen-bond donors (Lipinski definition) is 2. The second kappa shape index (κ2) is 3.66. The smallest absolute Gasteiger partial charge is 0.312 e. The van der Waals surface area contributed by atoms with Gasteiger partial charge in [0.15, 0.2) is 0 Å². The topological polar surface area (TPSA) is 66.4 Å². The van der Waals surface area contributed by atoms with E-state index in [2.05, 4.69) is 21.2 Å². The number of halogens is 1. The van der Waals surface area contributed by atoms with Crippen LogP contribution in [0.1, 0.15) is 21.8 Å². The van der Waals surface area contributed by atoms with Crippen LogP contribution < -0.4 is 5.32 Å². The molecule has 1 aromatic rings. The number of carboxylic acids is 1. The third-order valence-corrected chi connectivity index (χ3v) is 2.89. The van der Waals surface area contributed by atoms with E-state index >= 15 is 0 Å². The van der Waals surface area contributed by atoms with Crippen LogP contribution in [0.25, 0.3) is 0 Å². The van der Waals surface area contributed by atoms with Crippen LogP contribution in [0, 0.1) is 0 Å². The quantitative estimate of drug-likeness (QED) is 0.809. The Morgan fingerprint density at radius 2 is 2.27 bits per heavy atom. The van der Waals surface area contributed by atoms with Crippen LogP contribution in [-0.4, -0.2) is 23.5 Å². The van der Waals surface area contributed by atoms with E-state index < -0.39 is 11.9 Å². The molecule has 2 rings (SSSR count). The SMILES string of the molecule is O=C1NCC(C(=O)O)c2ccc(Br)cc21. The molecule has 0 radical (unpaired) electrons. The summed E-state index contributed by atoms with van der Waals surface area (Å²) < 4.78 is 0.766. The summed E-state index contributed by atoms with van der Waals surface area (Å²) in [6.07, 6.45) is 0. The van der Waals surface area contributed by atoms with Gasteiger partial charge in [-0.05, 0) is 17.7 Å². The zero-order valence-electron chi connectivity index (χ0n) is 7.66. The molecule has 2 N–H and O–H groups in total. The molecule has 1 unspecified atom stereocenters. The van der Waals surface area contributed by atoms with E-state index in [4.69, 9.17) is 5.11 Å². The van der Waals surface area contributed by atoms with E-state index in [0.717, 1.165) is 4.47 Å². The summed E-state index contributed by atoms with van der Waals surface area (Å²) in [6.45, 7) is 0.156. The van der Waals surface area contributed by atoms with Crippen molar-refractivity contribution in [2.45, 2.75) is 5.92 Å². The van der Waals surface area contributed by atoms with Gasteiger partial charge in [-0.25, -0.2) is 0 Å². The molecule has 5 heteroatoms. The maximum absolute atomic E-state index is 11.5. The third kappa shape index (κ3) is 1.74. The number of carboxylic acid groups (broad SMARTS) is 1. The van der Waals surface area contributed by atoms with E-state index in [0.29, 0.717) is 11.1 Å². The first kappa shape index (κ1) is 10.2. The van der Waals surface area contributed by atoms with Gasteiger partial charge in [0.2, 0.25) is 0 Å². The summed E-state index contributed by atoms with van der Waals surface area (Å²) in [7, 11) is 0. The Kier molecular flexibility index (Phi) is 2.48. The van der Waals surface area contributed by atoms with Crippen molar-refractivity contribution < 1.29 is 14.7 Å². The molecule has 15 heavy (non-hydrogen) atoms. The predicted molar refractivity (Wildman–Crippen MR) is 56.9 cm³/mol. The lowest BCUT2D eigenvalue weighted by Crippen LogP contribution is -2.38. The molecule has 0 bridgehead atoms. The molecule has 1 aliphatic heterocycles. The fraction of sp³-hybridized carbons (Fsp3) is 0.200. The molecule has 0 aromatic heterocycles. The minimum atomic E-state index is -0.918. The standard InChI is InChI=1S/C10H8BrNO3/c11-5-1-2-6-7(3-5)9(13)12-4-8(6)10(14)15/h1-3,8H,4H2,(H,12,13)(H,14,15). The molecule has 1 aromatic carbocycles. The highest BCUT2D eigenvalue weighted by Gasteiger charge is 2.29. The van der Waals surface area contributed by atoms with Crippen molar-refractivity contribution >= 4 is 27.8 Å². The summed E-state index contributed by atoms with van der Waals surface area (Å²) in [5.41, 5.74) is 1.01. The van der Waals surface area contributed by atoms with Gasteiger partial charge in [0.25, 0.3) is 5.91 Å². The van der Waals surface area contributed by atoms with Gasteiger partial charge in [-0.1, -0.05) is 22.0 Å². The second-order valence-electron chi connectivity index (χ2n) is 3.33. The number of carbonyl (C=O) groups excluding carboxylic acids is 1. The Labute approximate surface area is 94.4 Å². The maximum atomic E-state index is 11.5. The Bertz CT molecular complexity index is 444. The normalized spacial score (nSPS) is 19.3. The van der Waals surface area contributed by atoms with Gasteiger partial charge in [0.1, 0.15) is 0 Å². The van der Waals surface area contributed by atoms with E-state index in [1.165, 1.54) is 0 Å². The number of nitrogens with one attached hydrogen (secondary N) is 1. The Balaban J connectivity index is 2.55. The largest absolute Gasteiger partial charge is 0.481 e. The molecule has 1 heterocycles. The molecular weight excluding hydrogens is 262 g/mol. The first-order valence-electron chi connectivity index (χ1n) is 4.40. The lowest BCUT2D eigenvalue weighted by atomic mass is 9.90. The molecule has 0 spiro atoms. The van der Waals surface area contributed by atoms with Gasteiger partial charge in [-0.15, -0.1) is 0 Å². The summed E-state index contributed by atoms with van der Waals surface area (Å²) in [4.78, 5) is 22.4. The molecule has 0 saturated heterocycles. The van der Waals surface area contributed by atoms with Crippen LogP contribution in [0.4, 0.5) is 0 Å². The highest BCUT2D eigenvalue weighted by atomic mass is 79.9. The van der Waals surface area contributed by atoms with Crippen molar-refractivity contribution in [2.24, 2.45) is 0 Å². The monoisotopic (exact) mass is 269 g/mol. The van der Waals surface area contributed by atoms with Crippen LogP contribution >= 0.6 is 15.9 Å². The van der Waals surface area contributed by atoms with Gasteiger partial charge in [-0.2, -0.15) is 0 Å². The minimum absolute atomic E-state index is 0.156. The van der Waals surface area contributed by atoms with Crippen LogP contribution in [0.2, 0.25) is 0 Å². The van der Waals surface area contributed by atoms with Gasteiger partial charge in [0, 0.05) is 16.6 Å². The van der Waals surface area contributed by atoms with Crippen LogP contribution in [-0.2, 0) is 4.79 Å². The molecule has 1 amide bonds. The predicted octanol–water partition coefficient (Wildman–Crippen LogP) is 1.36. The number of benzene rings is 1. The summed E-state index contributed by atoms with van der Waals surface area (Å²) in [6, 6.07) is 5.06. The van der Waals surface area contributed by atoms with Crippen molar-refractivity contribution in [1.82, 2.24) is 5.32 Å². The van der Waals surface area contributed by atoms with Crippen LogP contribution in [0.15, 0.2) is 22.7 Å². The van der Waals surface area contributed by atoms with Crippen LogP contribution in [0.5, 0.6) is 0 Å². The molecule has 1 aliphatic rings. The van der Waals surface area contributed by atoms with Crippen molar-refractivity contribution in [3.05, 3.63) is 33.8 Å². The summed E-state index contributed by atoms with van der Waals surface area (Å²) in [5, 5.41) is 11.5. The van der Waals surface area contributed by atoms with Crippen molar-refractivity contribution in [3.8, 4) is 0 Å². The average Bonchev–Trinajstić information content (AvgIpc) is 2.19. The molecule has 0 fully saturated rings. The Hall–Kier alpha value is -1.36. The second-order valence-corrected chi connectivity index (χ2v) is 4.25. The fourth-order valence-electron chi connectivity index (χ4n) is 1.65.